The van der Waals surface area contributed by atoms with Gasteiger partial charge in [-0.2, -0.15) is 13.2 Å². The Morgan fingerprint density at radius 2 is 1.62 bits per heavy atom. The zero-order valence-electron chi connectivity index (χ0n) is 11.9. The molecule has 128 valence electrons. The number of halogens is 3. The van der Waals surface area contributed by atoms with Crippen LogP contribution in [0.15, 0.2) is 53.4 Å². The summed E-state index contributed by atoms with van der Waals surface area (Å²) in [6.07, 6.45) is -4.48. The highest BCUT2D eigenvalue weighted by Crippen LogP contribution is 2.29. The van der Waals surface area contributed by atoms with Crippen molar-refractivity contribution in [3.63, 3.8) is 0 Å². The van der Waals surface area contributed by atoms with Crippen LogP contribution in [0.2, 0.25) is 0 Å². The Bertz CT molecular complexity index is 849. The van der Waals surface area contributed by atoms with Crippen LogP contribution in [0.1, 0.15) is 11.1 Å². The number of hydrogen-bond acceptors (Lipinski definition) is 4. The van der Waals surface area contributed by atoms with Crippen molar-refractivity contribution in [2.45, 2.75) is 17.6 Å². The van der Waals surface area contributed by atoms with Gasteiger partial charge in [0.25, 0.3) is 5.69 Å². The lowest BCUT2D eigenvalue weighted by Crippen LogP contribution is -2.24. The molecule has 0 bridgehead atoms. The molecule has 0 aliphatic carbocycles. The maximum atomic E-state index is 12.5. The van der Waals surface area contributed by atoms with Crippen molar-refractivity contribution in [1.29, 1.82) is 0 Å². The summed E-state index contributed by atoms with van der Waals surface area (Å²) < 4.78 is 63.8. The van der Waals surface area contributed by atoms with Gasteiger partial charge in [-0.15, -0.1) is 0 Å². The molecule has 0 unspecified atom stereocenters. The molecule has 0 atom stereocenters. The van der Waals surface area contributed by atoms with Gasteiger partial charge in [0.15, 0.2) is 4.90 Å². The van der Waals surface area contributed by atoms with E-state index in [0.717, 1.165) is 36.4 Å². The third-order valence-electron chi connectivity index (χ3n) is 3.10. The molecule has 0 fully saturated rings. The van der Waals surface area contributed by atoms with E-state index in [1.807, 2.05) is 0 Å². The van der Waals surface area contributed by atoms with E-state index in [2.05, 4.69) is 4.72 Å². The summed E-state index contributed by atoms with van der Waals surface area (Å²) in [6, 6.07) is 8.70. The Labute approximate surface area is 135 Å². The monoisotopic (exact) mass is 360 g/mol. The van der Waals surface area contributed by atoms with Crippen molar-refractivity contribution < 1.29 is 26.5 Å². The highest BCUT2D eigenvalue weighted by atomic mass is 32.2. The third-order valence-corrected chi connectivity index (χ3v) is 4.55. The fraction of sp³-hybridized carbons (Fsp3) is 0.143. The average Bonchev–Trinajstić information content (AvgIpc) is 2.52. The third kappa shape index (κ3) is 4.09. The second kappa shape index (κ2) is 6.57. The summed E-state index contributed by atoms with van der Waals surface area (Å²) in [4.78, 5) is 9.54. The number of nitro benzene ring substituents is 1. The number of nitrogens with one attached hydrogen (secondary N) is 1. The summed E-state index contributed by atoms with van der Waals surface area (Å²) in [6.45, 7) is -0.299. The van der Waals surface area contributed by atoms with Crippen LogP contribution in [-0.2, 0) is 22.7 Å². The predicted molar refractivity (Wildman–Crippen MR) is 78.6 cm³/mol. The minimum Gasteiger partial charge on any atom is -0.258 e. The van der Waals surface area contributed by atoms with Gasteiger partial charge in [-0.05, 0) is 23.8 Å². The van der Waals surface area contributed by atoms with E-state index >= 15 is 0 Å². The van der Waals surface area contributed by atoms with Crippen LogP contribution in [0.4, 0.5) is 18.9 Å². The first-order valence-corrected chi connectivity index (χ1v) is 7.99. The first kappa shape index (κ1) is 17.9. The molecule has 24 heavy (non-hydrogen) atoms. The molecule has 0 saturated carbocycles. The standard InChI is InChI=1S/C14H11F3N2O4S/c15-14(16,17)11-7-5-10(6-8-11)9-18-24(22,23)13-4-2-1-3-12(13)19(20)21/h1-8,18H,9H2. The van der Waals surface area contributed by atoms with E-state index in [4.69, 9.17) is 0 Å². The summed E-state index contributed by atoms with van der Waals surface area (Å²) in [5, 5.41) is 10.9. The quantitative estimate of drug-likeness (QED) is 0.655. The molecule has 10 heteroatoms. The van der Waals surface area contributed by atoms with Crippen LogP contribution in [0, 0.1) is 10.1 Å². The van der Waals surface area contributed by atoms with Gasteiger partial charge >= 0.3 is 6.18 Å². The van der Waals surface area contributed by atoms with Gasteiger partial charge in [-0.1, -0.05) is 24.3 Å². The van der Waals surface area contributed by atoms with E-state index in [0.29, 0.717) is 0 Å². The highest BCUT2D eigenvalue weighted by Gasteiger charge is 2.30. The van der Waals surface area contributed by atoms with Crippen molar-refractivity contribution in [1.82, 2.24) is 4.72 Å². The van der Waals surface area contributed by atoms with Crippen LogP contribution >= 0.6 is 0 Å². The van der Waals surface area contributed by atoms with Gasteiger partial charge in [0.2, 0.25) is 10.0 Å². The number of para-hydroxylation sites is 1. The van der Waals surface area contributed by atoms with E-state index in [-0.39, 0.29) is 12.1 Å². The number of rotatable bonds is 5. The molecule has 2 aromatic carbocycles. The molecule has 0 aliphatic heterocycles. The number of sulfonamides is 1. The topological polar surface area (TPSA) is 89.3 Å². The molecule has 2 rings (SSSR count). The molecular weight excluding hydrogens is 349 g/mol. The highest BCUT2D eigenvalue weighted by molar-refractivity contribution is 7.89. The molecule has 6 nitrogen and oxygen atoms in total. The smallest absolute Gasteiger partial charge is 0.258 e. The molecule has 0 amide bonds. The van der Waals surface area contributed by atoms with Crippen molar-refractivity contribution in [2.24, 2.45) is 0 Å². The second-order valence-corrected chi connectivity index (χ2v) is 6.48. The Balaban J connectivity index is 2.18. The molecule has 0 spiro atoms. The number of alkyl halides is 3. The van der Waals surface area contributed by atoms with Crippen LogP contribution in [0.5, 0.6) is 0 Å². The van der Waals surface area contributed by atoms with Crippen LogP contribution < -0.4 is 4.72 Å². The van der Waals surface area contributed by atoms with Gasteiger partial charge < -0.3 is 0 Å². The minimum absolute atomic E-state index is 0.283. The molecule has 0 saturated heterocycles. The van der Waals surface area contributed by atoms with E-state index in [1.54, 1.807) is 0 Å². The average molecular weight is 360 g/mol. The Hall–Kier alpha value is -2.46. The zero-order valence-corrected chi connectivity index (χ0v) is 12.8. The summed E-state index contributed by atoms with van der Waals surface area (Å²) in [5.41, 5.74) is -1.16. The van der Waals surface area contributed by atoms with E-state index in [9.17, 15) is 31.7 Å². The first-order valence-electron chi connectivity index (χ1n) is 6.50. The van der Waals surface area contributed by atoms with Crippen molar-refractivity contribution >= 4 is 15.7 Å². The van der Waals surface area contributed by atoms with Crippen LogP contribution in [0.3, 0.4) is 0 Å². The maximum Gasteiger partial charge on any atom is 0.416 e. The second-order valence-electron chi connectivity index (χ2n) is 4.74. The van der Waals surface area contributed by atoms with Gasteiger partial charge in [0, 0.05) is 12.6 Å². The van der Waals surface area contributed by atoms with Gasteiger partial charge in [0.1, 0.15) is 0 Å². The zero-order chi connectivity index (χ0) is 18.0. The Morgan fingerprint density at radius 1 is 1.04 bits per heavy atom. The summed E-state index contributed by atoms with van der Waals surface area (Å²) >= 11 is 0. The Morgan fingerprint density at radius 3 is 2.17 bits per heavy atom. The van der Waals surface area contributed by atoms with Gasteiger partial charge in [-0.25, -0.2) is 13.1 Å². The number of nitro groups is 1. The predicted octanol–water partition coefficient (Wildman–Crippen LogP) is 3.09. The molecule has 0 heterocycles. The fourth-order valence-corrected chi connectivity index (χ4v) is 3.09. The lowest BCUT2D eigenvalue weighted by atomic mass is 10.1. The fourth-order valence-electron chi connectivity index (χ4n) is 1.90. The van der Waals surface area contributed by atoms with E-state index < -0.39 is 37.3 Å². The van der Waals surface area contributed by atoms with Crippen molar-refractivity contribution in [2.75, 3.05) is 0 Å². The number of nitrogens with zero attached hydrogens (tertiary/aromatic N) is 1. The first-order chi connectivity index (χ1) is 11.1. The SMILES string of the molecule is O=[N+]([O-])c1ccccc1S(=O)(=O)NCc1ccc(C(F)(F)F)cc1. The van der Waals surface area contributed by atoms with Crippen molar-refractivity contribution in [3.8, 4) is 0 Å². The molecule has 2 aromatic rings. The van der Waals surface area contributed by atoms with Crippen LogP contribution in [-0.4, -0.2) is 13.3 Å². The Kier molecular flexibility index (Phi) is 4.90. The van der Waals surface area contributed by atoms with Crippen molar-refractivity contribution in [3.05, 3.63) is 69.8 Å². The van der Waals surface area contributed by atoms with E-state index in [1.165, 1.54) is 12.1 Å². The molecule has 1 N–H and O–H groups in total. The molecule has 0 aromatic heterocycles. The maximum absolute atomic E-state index is 12.5. The normalized spacial score (nSPS) is 12.1. The molecular formula is C14H11F3N2O4S. The van der Waals surface area contributed by atoms with Gasteiger partial charge in [0.05, 0.1) is 10.5 Å². The lowest BCUT2D eigenvalue weighted by molar-refractivity contribution is -0.387. The minimum atomic E-state index is -4.48. The molecule has 0 radical (unpaired) electrons. The molecule has 0 aliphatic rings. The summed E-state index contributed by atoms with van der Waals surface area (Å²) in [5.74, 6) is 0. The number of hydrogen-bond donors (Lipinski definition) is 1. The van der Waals surface area contributed by atoms with Gasteiger partial charge in [-0.3, -0.25) is 10.1 Å². The van der Waals surface area contributed by atoms with Crippen LogP contribution in [0.25, 0.3) is 0 Å². The largest absolute Gasteiger partial charge is 0.416 e. The number of benzene rings is 2. The summed E-state index contributed by atoms with van der Waals surface area (Å²) in [7, 11) is -4.19. The lowest BCUT2D eigenvalue weighted by Gasteiger charge is -2.09.